The lowest BCUT2D eigenvalue weighted by molar-refractivity contribution is 0.623. The molecule has 0 atom stereocenters. The van der Waals surface area contributed by atoms with Gasteiger partial charge in [-0.25, -0.2) is 4.39 Å². The second-order valence-electron chi connectivity index (χ2n) is 4.49. The van der Waals surface area contributed by atoms with Gasteiger partial charge in [0.15, 0.2) is 0 Å². The molecule has 0 aliphatic carbocycles. The molecule has 2 rings (SSSR count). The van der Waals surface area contributed by atoms with Crippen molar-refractivity contribution < 1.29 is 4.39 Å². The Balaban J connectivity index is 2.26. The van der Waals surface area contributed by atoms with Crippen molar-refractivity contribution >= 4 is 23.0 Å². The summed E-state index contributed by atoms with van der Waals surface area (Å²) in [5, 5.41) is 9.43. The van der Waals surface area contributed by atoms with Crippen LogP contribution in [-0.4, -0.2) is 7.05 Å². The van der Waals surface area contributed by atoms with E-state index in [4.69, 9.17) is 22.6 Å². The van der Waals surface area contributed by atoms with E-state index in [0.717, 1.165) is 11.3 Å². The third-order valence-electron chi connectivity index (χ3n) is 2.97. The van der Waals surface area contributed by atoms with Crippen LogP contribution in [0, 0.1) is 17.1 Å². The Bertz CT molecular complexity index is 679. The highest BCUT2D eigenvalue weighted by Gasteiger charge is 2.09. The maximum atomic E-state index is 13.3. The van der Waals surface area contributed by atoms with Crippen LogP contribution in [0.4, 0.5) is 15.8 Å². The van der Waals surface area contributed by atoms with Crippen LogP contribution in [0.3, 0.4) is 0 Å². The molecule has 0 aromatic heterocycles. The third kappa shape index (κ3) is 3.01. The Hall–Kier alpha value is -2.25. The Labute approximate surface area is 122 Å². The SMILES string of the molecule is CN(Cc1ccc(F)c(C#N)c1)c1cc(Cl)ccc1N. The summed E-state index contributed by atoms with van der Waals surface area (Å²) in [6, 6.07) is 11.5. The fourth-order valence-electron chi connectivity index (χ4n) is 1.96. The van der Waals surface area contributed by atoms with Crippen LogP contribution in [0.5, 0.6) is 0 Å². The number of anilines is 2. The quantitative estimate of drug-likeness (QED) is 0.879. The van der Waals surface area contributed by atoms with Gasteiger partial charge in [-0.2, -0.15) is 5.26 Å². The predicted octanol–water partition coefficient (Wildman–Crippen LogP) is 3.57. The molecular formula is C15H13ClFN3. The lowest BCUT2D eigenvalue weighted by Crippen LogP contribution is -2.18. The van der Waals surface area contributed by atoms with Crippen LogP contribution in [-0.2, 0) is 6.54 Å². The summed E-state index contributed by atoms with van der Waals surface area (Å²) >= 11 is 5.96. The fraction of sp³-hybridized carbons (Fsp3) is 0.133. The van der Waals surface area contributed by atoms with E-state index in [2.05, 4.69) is 0 Å². The van der Waals surface area contributed by atoms with Crippen LogP contribution in [0.15, 0.2) is 36.4 Å². The number of hydrogen-bond donors (Lipinski definition) is 1. The van der Waals surface area contributed by atoms with E-state index in [1.54, 1.807) is 24.3 Å². The number of nitriles is 1. The zero-order valence-electron chi connectivity index (χ0n) is 10.9. The van der Waals surface area contributed by atoms with Crippen molar-refractivity contribution in [3.8, 4) is 6.07 Å². The van der Waals surface area contributed by atoms with Gasteiger partial charge in [0, 0.05) is 18.6 Å². The summed E-state index contributed by atoms with van der Waals surface area (Å²) in [6.07, 6.45) is 0. The maximum absolute atomic E-state index is 13.3. The van der Waals surface area contributed by atoms with E-state index in [0.29, 0.717) is 17.3 Å². The molecule has 0 fully saturated rings. The largest absolute Gasteiger partial charge is 0.397 e. The molecule has 2 N–H and O–H groups in total. The lowest BCUT2D eigenvalue weighted by Gasteiger charge is -2.21. The van der Waals surface area contributed by atoms with Crippen molar-refractivity contribution in [1.29, 1.82) is 5.26 Å². The number of nitrogens with zero attached hydrogens (tertiary/aromatic N) is 2. The first-order chi connectivity index (χ1) is 9.51. The molecular weight excluding hydrogens is 277 g/mol. The van der Waals surface area contributed by atoms with Crippen LogP contribution in [0.25, 0.3) is 0 Å². The van der Waals surface area contributed by atoms with E-state index in [-0.39, 0.29) is 5.56 Å². The van der Waals surface area contributed by atoms with E-state index >= 15 is 0 Å². The number of hydrogen-bond acceptors (Lipinski definition) is 3. The van der Waals surface area contributed by atoms with Crippen molar-refractivity contribution in [2.75, 3.05) is 17.7 Å². The van der Waals surface area contributed by atoms with Gasteiger partial charge in [-0.1, -0.05) is 17.7 Å². The van der Waals surface area contributed by atoms with Crippen molar-refractivity contribution in [2.24, 2.45) is 0 Å². The average molecular weight is 290 g/mol. The summed E-state index contributed by atoms with van der Waals surface area (Å²) in [5.74, 6) is -0.513. The number of rotatable bonds is 3. The van der Waals surface area contributed by atoms with E-state index < -0.39 is 5.82 Å². The van der Waals surface area contributed by atoms with Gasteiger partial charge in [0.1, 0.15) is 11.9 Å². The number of benzene rings is 2. The number of nitrogen functional groups attached to an aromatic ring is 1. The van der Waals surface area contributed by atoms with Gasteiger partial charge in [0.05, 0.1) is 16.9 Å². The predicted molar refractivity (Wildman–Crippen MR) is 79.1 cm³/mol. The molecule has 0 amide bonds. The first kappa shape index (κ1) is 14.2. The van der Waals surface area contributed by atoms with Gasteiger partial charge in [0.25, 0.3) is 0 Å². The summed E-state index contributed by atoms with van der Waals surface area (Å²) in [7, 11) is 1.86. The highest BCUT2D eigenvalue weighted by Crippen LogP contribution is 2.27. The van der Waals surface area contributed by atoms with E-state index in [9.17, 15) is 4.39 Å². The highest BCUT2D eigenvalue weighted by atomic mass is 35.5. The van der Waals surface area contributed by atoms with Gasteiger partial charge >= 0.3 is 0 Å². The molecule has 2 aromatic carbocycles. The minimum Gasteiger partial charge on any atom is -0.397 e. The molecule has 5 heteroatoms. The average Bonchev–Trinajstić information content (AvgIpc) is 2.43. The Morgan fingerprint density at radius 2 is 2.05 bits per heavy atom. The summed E-state index contributed by atoms with van der Waals surface area (Å²) < 4.78 is 13.3. The molecule has 20 heavy (non-hydrogen) atoms. The molecule has 0 unspecified atom stereocenters. The van der Waals surface area contributed by atoms with Crippen molar-refractivity contribution in [3.63, 3.8) is 0 Å². The van der Waals surface area contributed by atoms with Crippen LogP contribution in [0.2, 0.25) is 5.02 Å². The molecule has 0 heterocycles. The minimum absolute atomic E-state index is 0.0370. The maximum Gasteiger partial charge on any atom is 0.140 e. The molecule has 0 saturated heterocycles. The highest BCUT2D eigenvalue weighted by molar-refractivity contribution is 6.31. The third-order valence-corrected chi connectivity index (χ3v) is 3.21. The second-order valence-corrected chi connectivity index (χ2v) is 4.92. The molecule has 0 aliphatic heterocycles. The molecule has 3 nitrogen and oxygen atoms in total. The topological polar surface area (TPSA) is 53.0 Å². The van der Waals surface area contributed by atoms with Gasteiger partial charge in [-0.15, -0.1) is 0 Å². The van der Waals surface area contributed by atoms with Gasteiger partial charge in [-0.05, 0) is 35.9 Å². The van der Waals surface area contributed by atoms with E-state index in [1.165, 1.54) is 12.1 Å². The monoisotopic (exact) mass is 289 g/mol. The smallest absolute Gasteiger partial charge is 0.140 e. The van der Waals surface area contributed by atoms with Gasteiger partial charge < -0.3 is 10.6 Å². The van der Waals surface area contributed by atoms with Crippen molar-refractivity contribution in [3.05, 3.63) is 58.4 Å². The van der Waals surface area contributed by atoms with Crippen LogP contribution >= 0.6 is 11.6 Å². The zero-order chi connectivity index (χ0) is 14.7. The fourth-order valence-corrected chi connectivity index (χ4v) is 2.13. The molecule has 0 saturated carbocycles. The van der Waals surface area contributed by atoms with Gasteiger partial charge in [0.2, 0.25) is 0 Å². The molecule has 0 aliphatic rings. The van der Waals surface area contributed by atoms with E-state index in [1.807, 2.05) is 18.0 Å². The van der Waals surface area contributed by atoms with Crippen LogP contribution in [0.1, 0.15) is 11.1 Å². The molecule has 2 aromatic rings. The zero-order valence-corrected chi connectivity index (χ0v) is 11.7. The summed E-state index contributed by atoms with van der Waals surface area (Å²) in [6.45, 7) is 0.500. The Morgan fingerprint density at radius 3 is 2.75 bits per heavy atom. The first-order valence-corrected chi connectivity index (χ1v) is 6.33. The molecule has 102 valence electrons. The first-order valence-electron chi connectivity index (χ1n) is 5.96. The van der Waals surface area contributed by atoms with Crippen molar-refractivity contribution in [1.82, 2.24) is 0 Å². The Kier molecular flexibility index (Phi) is 4.11. The molecule has 0 spiro atoms. The van der Waals surface area contributed by atoms with Crippen LogP contribution < -0.4 is 10.6 Å². The van der Waals surface area contributed by atoms with Crippen molar-refractivity contribution in [2.45, 2.75) is 6.54 Å². The second kappa shape index (κ2) is 5.81. The number of nitrogens with two attached hydrogens (primary N) is 1. The molecule has 0 bridgehead atoms. The standard InChI is InChI=1S/C15H13ClFN3/c1-20(15-7-12(16)3-5-14(15)19)9-10-2-4-13(17)11(6-10)8-18/h2-7H,9,19H2,1H3. The summed E-state index contributed by atoms with van der Waals surface area (Å²) in [5.41, 5.74) is 8.18. The Morgan fingerprint density at radius 1 is 1.30 bits per heavy atom. The molecule has 0 radical (unpaired) electrons. The minimum atomic E-state index is -0.513. The lowest BCUT2D eigenvalue weighted by atomic mass is 10.1. The number of halogens is 2. The summed E-state index contributed by atoms with van der Waals surface area (Å²) in [4.78, 5) is 1.90. The van der Waals surface area contributed by atoms with Gasteiger partial charge in [-0.3, -0.25) is 0 Å². The normalized spacial score (nSPS) is 10.1.